The van der Waals surface area contributed by atoms with E-state index >= 15 is 0 Å². The summed E-state index contributed by atoms with van der Waals surface area (Å²) in [5.74, 6) is -0.0480. The summed E-state index contributed by atoms with van der Waals surface area (Å²) in [4.78, 5) is 23.2. The number of hydrogen-bond donors (Lipinski definition) is 0. The van der Waals surface area contributed by atoms with E-state index in [1.807, 2.05) is 0 Å². The summed E-state index contributed by atoms with van der Waals surface area (Å²) >= 11 is 0. The van der Waals surface area contributed by atoms with Crippen LogP contribution in [0, 0.1) is 5.82 Å². The van der Waals surface area contributed by atoms with E-state index in [2.05, 4.69) is 0 Å². The zero-order chi connectivity index (χ0) is 16.4. The molecule has 0 unspecified atom stereocenters. The molecule has 0 N–H and O–H groups in total. The van der Waals surface area contributed by atoms with Crippen LogP contribution in [0.25, 0.3) is 6.08 Å². The van der Waals surface area contributed by atoms with Crippen LogP contribution in [0.1, 0.15) is 22.8 Å². The molecule has 116 valence electrons. The molecule has 0 fully saturated rings. The third kappa shape index (κ3) is 3.13. The number of hydrogen-bond acceptors (Lipinski definition) is 4. The normalized spacial score (nSPS) is 14.5. The Labute approximate surface area is 132 Å². The summed E-state index contributed by atoms with van der Waals surface area (Å²) in [5.41, 5.74) is 0.652. The first kappa shape index (κ1) is 15.0. The molecular weight excluding hydrogens is 299 g/mol. The smallest absolute Gasteiger partial charge is 0.231 e. The van der Waals surface area contributed by atoms with Crippen molar-refractivity contribution < 1.29 is 23.5 Å². The minimum Gasteiger partial charge on any atom is -0.486 e. The molecule has 0 saturated carbocycles. The Morgan fingerprint density at radius 1 is 1.26 bits per heavy atom. The number of rotatable bonds is 4. The maximum absolute atomic E-state index is 13.7. The molecule has 0 amide bonds. The predicted molar refractivity (Wildman–Crippen MR) is 82.0 cm³/mol. The standard InChI is InChI=1S/C18H13FO4/c1-11(20)10-22-13-6-7-14-16(9-13)23-17(18(14)21)8-12-4-2-3-5-15(12)19/h2-9H,10H2,1H3/b17-8-. The average molecular weight is 312 g/mol. The highest BCUT2D eigenvalue weighted by Gasteiger charge is 2.28. The summed E-state index contributed by atoms with van der Waals surface area (Å²) in [6, 6.07) is 10.8. The molecule has 1 aliphatic heterocycles. The number of halogens is 1. The lowest BCUT2D eigenvalue weighted by molar-refractivity contribution is -0.118. The number of fused-ring (bicyclic) bond motifs is 1. The van der Waals surface area contributed by atoms with Gasteiger partial charge < -0.3 is 9.47 Å². The Morgan fingerprint density at radius 2 is 2.04 bits per heavy atom. The Hall–Kier alpha value is -2.95. The molecule has 23 heavy (non-hydrogen) atoms. The van der Waals surface area contributed by atoms with Gasteiger partial charge in [-0.05, 0) is 31.2 Å². The van der Waals surface area contributed by atoms with Crippen molar-refractivity contribution in [1.29, 1.82) is 0 Å². The largest absolute Gasteiger partial charge is 0.486 e. The third-order valence-corrected chi connectivity index (χ3v) is 3.28. The van der Waals surface area contributed by atoms with E-state index in [0.717, 1.165) is 0 Å². The summed E-state index contributed by atoms with van der Waals surface area (Å²) in [6.07, 6.45) is 1.37. The second-order valence-electron chi connectivity index (χ2n) is 5.11. The SMILES string of the molecule is CC(=O)COc1ccc2c(c1)O/C(=C\c1ccccc1F)C2=O. The van der Waals surface area contributed by atoms with Gasteiger partial charge in [-0.1, -0.05) is 18.2 Å². The van der Waals surface area contributed by atoms with Crippen molar-refractivity contribution in [2.45, 2.75) is 6.92 Å². The molecule has 0 aromatic heterocycles. The Morgan fingerprint density at radius 3 is 2.78 bits per heavy atom. The highest BCUT2D eigenvalue weighted by Crippen LogP contribution is 2.35. The molecule has 5 heteroatoms. The van der Waals surface area contributed by atoms with Crippen LogP contribution < -0.4 is 9.47 Å². The Balaban J connectivity index is 1.87. The van der Waals surface area contributed by atoms with Gasteiger partial charge in [0.15, 0.2) is 11.5 Å². The molecule has 0 aliphatic carbocycles. The van der Waals surface area contributed by atoms with E-state index < -0.39 is 5.82 Å². The maximum Gasteiger partial charge on any atom is 0.231 e. The first-order valence-electron chi connectivity index (χ1n) is 6.99. The topological polar surface area (TPSA) is 52.6 Å². The maximum atomic E-state index is 13.7. The van der Waals surface area contributed by atoms with Gasteiger partial charge in [0.05, 0.1) is 5.56 Å². The number of ketones is 2. The lowest BCUT2D eigenvalue weighted by atomic mass is 10.1. The van der Waals surface area contributed by atoms with Gasteiger partial charge in [0, 0.05) is 11.6 Å². The molecule has 2 aromatic carbocycles. The molecule has 0 atom stereocenters. The van der Waals surface area contributed by atoms with Crippen LogP contribution >= 0.6 is 0 Å². The number of Topliss-reactive ketones (excluding diaryl/α,β-unsaturated/α-hetero) is 2. The van der Waals surface area contributed by atoms with E-state index in [1.54, 1.807) is 36.4 Å². The minimum atomic E-state index is -0.433. The van der Waals surface area contributed by atoms with Crippen LogP contribution in [-0.4, -0.2) is 18.2 Å². The fourth-order valence-electron chi connectivity index (χ4n) is 2.18. The zero-order valence-corrected chi connectivity index (χ0v) is 12.3. The number of carbonyl (C=O) groups is 2. The van der Waals surface area contributed by atoms with Crippen molar-refractivity contribution in [2.75, 3.05) is 6.61 Å². The van der Waals surface area contributed by atoms with Gasteiger partial charge in [-0.25, -0.2) is 4.39 Å². The Bertz CT molecular complexity index is 824. The number of benzene rings is 2. The molecular formula is C18H13FO4. The van der Waals surface area contributed by atoms with E-state index in [0.29, 0.717) is 17.1 Å². The van der Waals surface area contributed by atoms with Gasteiger partial charge in [0.1, 0.15) is 23.9 Å². The van der Waals surface area contributed by atoms with Crippen molar-refractivity contribution in [1.82, 2.24) is 0 Å². The van der Waals surface area contributed by atoms with Crippen molar-refractivity contribution in [3.63, 3.8) is 0 Å². The van der Waals surface area contributed by atoms with Gasteiger partial charge in [-0.15, -0.1) is 0 Å². The first-order valence-corrected chi connectivity index (χ1v) is 6.99. The van der Waals surface area contributed by atoms with Crippen LogP contribution in [-0.2, 0) is 4.79 Å². The second kappa shape index (κ2) is 6.04. The summed E-state index contributed by atoms with van der Waals surface area (Å²) in [5, 5.41) is 0. The van der Waals surface area contributed by atoms with E-state index in [-0.39, 0.29) is 29.5 Å². The highest BCUT2D eigenvalue weighted by molar-refractivity contribution is 6.14. The molecule has 2 aromatic rings. The van der Waals surface area contributed by atoms with Crippen molar-refractivity contribution in [3.05, 3.63) is 65.2 Å². The number of ether oxygens (including phenoxy) is 2. The summed E-state index contributed by atoms with van der Waals surface area (Å²) < 4.78 is 24.5. The molecule has 0 spiro atoms. The highest BCUT2D eigenvalue weighted by atomic mass is 19.1. The molecule has 0 bridgehead atoms. The molecule has 0 saturated heterocycles. The molecule has 4 nitrogen and oxygen atoms in total. The monoisotopic (exact) mass is 312 g/mol. The predicted octanol–water partition coefficient (Wildman–Crippen LogP) is 3.41. The fourth-order valence-corrected chi connectivity index (χ4v) is 2.18. The van der Waals surface area contributed by atoms with E-state index in [9.17, 15) is 14.0 Å². The van der Waals surface area contributed by atoms with Crippen molar-refractivity contribution in [2.24, 2.45) is 0 Å². The van der Waals surface area contributed by atoms with E-state index in [1.165, 1.54) is 19.1 Å². The van der Waals surface area contributed by atoms with Gasteiger partial charge >= 0.3 is 0 Å². The van der Waals surface area contributed by atoms with Crippen LogP contribution in [0.2, 0.25) is 0 Å². The number of allylic oxidation sites excluding steroid dienone is 1. The first-order chi connectivity index (χ1) is 11.0. The van der Waals surface area contributed by atoms with Crippen molar-refractivity contribution >= 4 is 17.6 Å². The molecule has 1 aliphatic rings. The zero-order valence-electron chi connectivity index (χ0n) is 12.3. The quantitative estimate of drug-likeness (QED) is 0.812. The lowest BCUT2D eigenvalue weighted by Gasteiger charge is -2.05. The lowest BCUT2D eigenvalue weighted by Crippen LogP contribution is -2.06. The van der Waals surface area contributed by atoms with Crippen LogP contribution in [0.3, 0.4) is 0 Å². The third-order valence-electron chi connectivity index (χ3n) is 3.28. The summed E-state index contributed by atoms with van der Waals surface area (Å²) in [6.45, 7) is 1.37. The summed E-state index contributed by atoms with van der Waals surface area (Å²) in [7, 11) is 0. The Kier molecular flexibility index (Phi) is 3.93. The fraction of sp³-hybridized carbons (Fsp3) is 0.111. The van der Waals surface area contributed by atoms with Crippen LogP contribution in [0.5, 0.6) is 11.5 Å². The average Bonchev–Trinajstić information content (AvgIpc) is 2.83. The van der Waals surface area contributed by atoms with Gasteiger partial charge in [-0.2, -0.15) is 0 Å². The van der Waals surface area contributed by atoms with Gasteiger partial charge in [-0.3, -0.25) is 9.59 Å². The van der Waals surface area contributed by atoms with Gasteiger partial charge in [0.25, 0.3) is 0 Å². The number of carbonyl (C=O) groups excluding carboxylic acids is 2. The van der Waals surface area contributed by atoms with E-state index in [4.69, 9.17) is 9.47 Å². The molecule has 3 rings (SSSR count). The molecule has 1 heterocycles. The van der Waals surface area contributed by atoms with Crippen LogP contribution in [0.4, 0.5) is 4.39 Å². The minimum absolute atomic E-state index is 0.0498. The van der Waals surface area contributed by atoms with Crippen molar-refractivity contribution in [3.8, 4) is 11.5 Å². The molecule has 0 radical (unpaired) electrons. The van der Waals surface area contributed by atoms with Gasteiger partial charge in [0.2, 0.25) is 5.78 Å². The van der Waals surface area contributed by atoms with Crippen LogP contribution in [0.15, 0.2) is 48.2 Å². The second-order valence-corrected chi connectivity index (χ2v) is 5.11.